The fraction of sp³-hybridized carbons (Fsp3) is 0.333. The minimum atomic E-state index is -3.58. The molecule has 1 aliphatic rings. The monoisotopic (exact) mass is 446 g/mol. The van der Waals surface area contributed by atoms with Gasteiger partial charge < -0.3 is 20.3 Å². The molecule has 31 heavy (non-hydrogen) atoms. The lowest BCUT2D eigenvalue weighted by molar-refractivity contribution is -0.115. The Bertz CT molecular complexity index is 1030. The van der Waals surface area contributed by atoms with Gasteiger partial charge in [-0.05, 0) is 36.8 Å². The summed E-state index contributed by atoms with van der Waals surface area (Å²) < 4.78 is 31.9. The molecular weight excluding hydrogens is 420 g/mol. The molecular formula is C21H26N4O5S. The van der Waals surface area contributed by atoms with Crippen LogP contribution < -0.4 is 15.4 Å². The van der Waals surface area contributed by atoms with E-state index >= 15 is 0 Å². The van der Waals surface area contributed by atoms with Crippen molar-refractivity contribution in [1.29, 1.82) is 0 Å². The summed E-state index contributed by atoms with van der Waals surface area (Å²) >= 11 is 0. The van der Waals surface area contributed by atoms with Crippen LogP contribution in [0.4, 0.5) is 10.5 Å². The van der Waals surface area contributed by atoms with E-state index in [1.54, 1.807) is 42.5 Å². The second kappa shape index (κ2) is 9.80. The largest absolute Gasteiger partial charge is 0.495 e. The van der Waals surface area contributed by atoms with Gasteiger partial charge in [0.15, 0.2) is 0 Å². The van der Waals surface area contributed by atoms with E-state index in [1.807, 2.05) is 13.0 Å². The number of sulfonamides is 1. The highest BCUT2D eigenvalue weighted by molar-refractivity contribution is 7.89. The Labute approximate surface area is 182 Å². The predicted octanol–water partition coefficient (Wildman–Crippen LogP) is 1.66. The van der Waals surface area contributed by atoms with Gasteiger partial charge in [0.2, 0.25) is 15.9 Å². The number of carbonyl (C=O) groups excluding carboxylic acids is 2. The first kappa shape index (κ1) is 22.6. The fourth-order valence-corrected chi connectivity index (χ4v) is 4.70. The minimum absolute atomic E-state index is 0.192. The smallest absolute Gasteiger partial charge is 0.317 e. The lowest BCUT2D eigenvalue weighted by atomic mass is 10.2. The number of piperazine rings is 1. The molecule has 0 saturated carbocycles. The van der Waals surface area contributed by atoms with Gasteiger partial charge in [0.1, 0.15) is 5.75 Å². The molecule has 2 aromatic carbocycles. The van der Waals surface area contributed by atoms with Crippen molar-refractivity contribution in [3.05, 3.63) is 54.1 Å². The van der Waals surface area contributed by atoms with Gasteiger partial charge in [0.25, 0.3) is 0 Å². The molecule has 0 spiro atoms. The highest BCUT2D eigenvalue weighted by Crippen LogP contribution is 2.25. The van der Waals surface area contributed by atoms with Gasteiger partial charge in [-0.3, -0.25) is 4.79 Å². The molecule has 2 N–H and O–H groups in total. The summed E-state index contributed by atoms with van der Waals surface area (Å²) in [6.45, 7) is 2.55. The van der Waals surface area contributed by atoms with Crippen molar-refractivity contribution in [1.82, 2.24) is 14.5 Å². The summed E-state index contributed by atoms with van der Waals surface area (Å²) in [4.78, 5) is 26.4. The fourth-order valence-electron chi connectivity index (χ4n) is 3.25. The molecule has 1 aliphatic heterocycles. The predicted molar refractivity (Wildman–Crippen MR) is 117 cm³/mol. The number of nitrogens with one attached hydrogen (secondary N) is 2. The van der Waals surface area contributed by atoms with E-state index in [0.717, 1.165) is 5.56 Å². The Balaban J connectivity index is 1.49. The van der Waals surface area contributed by atoms with Crippen molar-refractivity contribution < 1.29 is 22.7 Å². The molecule has 3 amide bonds. The van der Waals surface area contributed by atoms with E-state index in [2.05, 4.69) is 10.6 Å². The first-order valence-corrected chi connectivity index (χ1v) is 11.3. The van der Waals surface area contributed by atoms with E-state index in [9.17, 15) is 18.0 Å². The van der Waals surface area contributed by atoms with Crippen molar-refractivity contribution in [3.63, 3.8) is 0 Å². The molecule has 10 heteroatoms. The molecule has 0 bridgehead atoms. The highest BCUT2D eigenvalue weighted by Gasteiger charge is 2.30. The number of amides is 3. The van der Waals surface area contributed by atoms with Gasteiger partial charge in [0.05, 0.1) is 24.2 Å². The van der Waals surface area contributed by atoms with Crippen LogP contribution in [-0.4, -0.2) is 69.4 Å². The van der Waals surface area contributed by atoms with E-state index in [0.29, 0.717) is 11.4 Å². The number of carbonyl (C=O) groups is 2. The zero-order valence-corrected chi connectivity index (χ0v) is 18.3. The van der Waals surface area contributed by atoms with Crippen molar-refractivity contribution in [2.45, 2.75) is 11.8 Å². The molecule has 166 valence electrons. The van der Waals surface area contributed by atoms with Gasteiger partial charge >= 0.3 is 6.03 Å². The third-order valence-corrected chi connectivity index (χ3v) is 6.85. The van der Waals surface area contributed by atoms with Crippen LogP contribution in [0, 0.1) is 6.92 Å². The molecule has 0 unspecified atom stereocenters. The summed E-state index contributed by atoms with van der Waals surface area (Å²) in [6, 6.07) is 13.2. The second-order valence-electron chi connectivity index (χ2n) is 7.11. The van der Waals surface area contributed by atoms with Crippen molar-refractivity contribution >= 4 is 27.6 Å². The van der Waals surface area contributed by atoms with Crippen molar-refractivity contribution in [2.24, 2.45) is 0 Å². The minimum Gasteiger partial charge on any atom is -0.495 e. The third kappa shape index (κ3) is 5.53. The first-order chi connectivity index (χ1) is 14.8. The summed E-state index contributed by atoms with van der Waals surface area (Å²) in [5, 5.41) is 5.30. The number of methoxy groups -OCH3 is 1. The number of aryl methyl sites for hydroxylation is 1. The van der Waals surface area contributed by atoms with Crippen LogP contribution in [0.5, 0.6) is 5.75 Å². The van der Waals surface area contributed by atoms with Crippen LogP contribution in [0.15, 0.2) is 53.4 Å². The van der Waals surface area contributed by atoms with Crippen molar-refractivity contribution in [3.8, 4) is 5.75 Å². The average molecular weight is 447 g/mol. The normalized spacial score (nSPS) is 14.7. The van der Waals surface area contributed by atoms with Gasteiger partial charge in [0, 0.05) is 26.2 Å². The Morgan fingerprint density at radius 1 is 1.03 bits per heavy atom. The van der Waals surface area contributed by atoms with E-state index in [-0.39, 0.29) is 43.5 Å². The maximum atomic E-state index is 12.7. The molecule has 9 nitrogen and oxygen atoms in total. The first-order valence-electron chi connectivity index (χ1n) is 9.83. The molecule has 1 fully saturated rings. The van der Waals surface area contributed by atoms with E-state index in [1.165, 1.54) is 16.3 Å². The average Bonchev–Trinajstić information content (AvgIpc) is 2.78. The van der Waals surface area contributed by atoms with Gasteiger partial charge in [-0.2, -0.15) is 4.31 Å². The van der Waals surface area contributed by atoms with Crippen LogP contribution in [0.1, 0.15) is 5.56 Å². The molecule has 0 aliphatic carbocycles. The summed E-state index contributed by atoms with van der Waals surface area (Å²) in [7, 11) is -2.07. The lowest BCUT2D eigenvalue weighted by Gasteiger charge is -2.33. The van der Waals surface area contributed by atoms with Crippen LogP contribution in [0.3, 0.4) is 0 Å². The molecule has 0 aromatic heterocycles. The SMILES string of the molecule is COc1ccc(C)cc1NC(=O)CNC(=O)N1CCN(S(=O)(=O)c2ccccc2)CC1. The van der Waals surface area contributed by atoms with Crippen LogP contribution in [0.25, 0.3) is 0 Å². The lowest BCUT2D eigenvalue weighted by Crippen LogP contribution is -2.53. The maximum Gasteiger partial charge on any atom is 0.317 e. The summed E-state index contributed by atoms with van der Waals surface area (Å²) in [5.41, 5.74) is 1.49. The summed E-state index contributed by atoms with van der Waals surface area (Å²) in [5.74, 6) is 0.142. The number of ether oxygens (including phenoxy) is 1. The zero-order chi connectivity index (χ0) is 22.4. The quantitative estimate of drug-likeness (QED) is 0.702. The number of nitrogens with zero attached hydrogens (tertiary/aromatic N) is 2. The Hall–Kier alpha value is -3.11. The number of benzene rings is 2. The zero-order valence-electron chi connectivity index (χ0n) is 17.5. The Morgan fingerprint density at radius 3 is 2.35 bits per heavy atom. The molecule has 0 radical (unpaired) electrons. The van der Waals surface area contributed by atoms with Crippen LogP contribution >= 0.6 is 0 Å². The van der Waals surface area contributed by atoms with E-state index in [4.69, 9.17) is 4.74 Å². The number of urea groups is 1. The molecule has 0 atom stereocenters. The molecule has 2 aromatic rings. The standard InChI is InChI=1S/C21H26N4O5S/c1-16-8-9-19(30-2)18(14-16)23-20(26)15-22-21(27)24-10-12-25(13-11-24)31(28,29)17-6-4-3-5-7-17/h3-9,14H,10-13,15H2,1-2H3,(H,22,27)(H,23,26). The second-order valence-corrected chi connectivity index (χ2v) is 9.05. The maximum absolute atomic E-state index is 12.7. The third-order valence-electron chi connectivity index (χ3n) is 4.94. The van der Waals surface area contributed by atoms with Gasteiger partial charge in [-0.1, -0.05) is 24.3 Å². The molecule has 1 saturated heterocycles. The van der Waals surface area contributed by atoms with E-state index < -0.39 is 16.1 Å². The number of hydrogen-bond acceptors (Lipinski definition) is 5. The number of rotatable bonds is 6. The van der Waals surface area contributed by atoms with Crippen molar-refractivity contribution in [2.75, 3.05) is 45.2 Å². The summed E-state index contributed by atoms with van der Waals surface area (Å²) in [6.07, 6.45) is 0. The van der Waals surface area contributed by atoms with Crippen LogP contribution in [0.2, 0.25) is 0 Å². The molecule has 3 rings (SSSR count). The number of hydrogen-bond donors (Lipinski definition) is 2. The number of anilines is 1. The Kier molecular flexibility index (Phi) is 7.13. The highest BCUT2D eigenvalue weighted by atomic mass is 32.2. The van der Waals surface area contributed by atoms with Gasteiger partial charge in [-0.25, -0.2) is 13.2 Å². The van der Waals surface area contributed by atoms with Gasteiger partial charge in [-0.15, -0.1) is 0 Å². The topological polar surface area (TPSA) is 108 Å². The molecule has 1 heterocycles. The Morgan fingerprint density at radius 2 is 1.71 bits per heavy atom. The van der Waals surface area contributed by atoms with Crippen LogP contribution in [-0.2, 0) is 14.8 Å².